The highest BCUT2D eigenvalue weighted by Gasteiger charge is 2.27. The Morgan fingerprint density at radius 1 is 1.19 bits per heavy atom. The van der Waals surface area contributed by atoms with E-state index in [9.17, 15) is 19.5 Å². The van der Waals surface area contributed by atoms with Gasteiger partial charge >= 0.3 is 5.97 Å². The number of benzene rings is 1. The molecule has 0 bridgehead atoms. The van der Waals surface area contributed by atoms with E-state index in [4.69, 9.17) is 9.15 Å². The predicted octanol–water partition coefficient (Wildman–Crippen LogP) is 1.27. The van der Waals surface area contributed by atoms with Crippen molar-refractivity contribution in [1.29, 1.82) is 0 Å². The van der Waals surface area contributed by atoms with Crippen LogP contribution in [-0.2, 0) is 16.0 Å². The van der Waals surface area contributed by atoms with Crippen molar-refractivity contribution in [2.75, 3.05) is 6.61 Å². The van der Waals surface area contributed by atoms with Crippen LogP contribution in [0.25, 0.3) is 0 Å². The molecule has 3 N–H and O–H groups in total. The fourth-order valence-electron chi connectivity index (χ4n) is 2.68. The number of carboxylic acid groups (broad SMARTS) is 1. The number of hydrogen-bond acceptors (Lipinski definition) is 5. The smallest absolute Gasteiger partial charge is 0.330 e. The van der Waals surface area contributed by atoms with Crippen molar-refractivity contribution in [2.45, 2.75) is 25.4 Å². The summed E-state index contributed by atoms with van der Waals surface area (Å²) in [5.74, 6) is -1.57. The molecule has 1 aliphatic heterocycles. The van der Waals surface area contributed by atoms with Gasteiger partial charge in [-0.25, -0.2) is 4.79 Å². The van der Waals surface area contributed by atoms with Crippen molar-refractivity contribution in [1.82, 2.24) is 10.6 Å². The van der Waals surface area contributed by atoms with Gasteiger partial charge < -0.3 is 24.9 Å². The zero-order chi connectivity index (χ0) is 18.7. The molecule has 2 atom stereocenters. The van der Waals surface area contributed by atoms with Crippen LogP contribution in [-0.4, -0.2) is 35.5 Å². The molecule has 0 radical (unpaired) electrons. The van der Waals surface area contributed by atoms with Crippen LogP contribution < -0.4 is 15.4 Å². The first-order chi connectivity index (χ1) is 12.5. The summed E-state index contributed by atoms with van der Waals surface area (Å²) in [6.45, 7) is 2.02. The Bertz CT molecular complexity index is 830. The van der Waals surface area contributed by atoms with Crippen LogP contribution >= 0.6 is 0 Å². The lowest BCUT2D eigenvalue weighted by Crippen LogP contribution is -2.47. The third kappa shape index (κ3) is 3.69. The van der Waals surface area contributed by atoms with Gasteiger partial charge in [0.15, 0.2) is 11.8 Å². The van der Waals surface area contributed by atoms with Gasteiger partial charge in [-0.1, -0.05) is 6.07 Å². The van der Waals surface area contributed by atoms with Crippen molar-refractivity contribution in [3.8, 4) is 5.75 Å². The summed E-state index contributed by atoms with van der Waals surface area (Å²) in [7, 11) is 0. The molecular weight excluding hydrogens is 340 g/mol. The quantitative estimate of drug-likeness (QED) is 0.716. The largest absolute Gasteiger partial charge is 0.493 e. The Morgan fingerprint density at radius 2 is 2.00 bits per heavy atom. The minimum atomic E-state index is -1.23. The average molecular weight is 358 g/mol. The van der Waals surface area contributed by atoms with Gasteiger partial charge in [-0.3, -0.25) is 9.59 Å². The molecule has 2 unspecified atom stereocenters. The van der Waals surface area contributed by atoms with Crippen LogP contribution in [0.2, 0.25) is 0 Å². The number of hydrogen-bond donors (Lipinski definition) is 3. The minimum absolute atomic E-state index is 0.0676. The second kappa shape index (κ2) is 7.30. The summed E-state index contributed by atoms with van der Waals surface area (Å²) in [5, 5.41) is 14.4. The Morgan fingerprint density at radius 3 is 2.69 bits per heavy atom. The molecule has 8 nitrogen and oxygen atoms in total. The standard InChI is InChI=1S/C18H18N2O6/c1-10(19-17(22)14-3-2-7-25-14)16(21)20-15(18(23)24)12-4-5-13-11(9-12)6-8-26-13/h2-5,7,9-10,15H,6,8H2,1H3,(H,19,22)(H,20,21)(H,23,24). The molecule has 3 rings (SSSR count). The molecule has 0 saturated heterocycles. The van der Waals surface area contributed by atoms with Crippen molar-refractivity contribution in [3.63, 3.8) is 0 Å². The van der Waals surface area contributed by atoms with E-state index < -0.39 is 29.9 Å². The molecule has 26 heavy (non-hydrogen) atoms. The molecular formula is C18H18N2O6. The second-order valence-electron chi connectivity index (χ2n) is 5.92. The Labute approximate surface area is 149 Å². The number of carbonyl (C=O) groups is 3. The van der Waals surface area contributed by atoms with Crippen LogP contribution in [0.4, 0.5) is 0 Å². The number of fused-ring (bicyclic) bond motifs is 1. The highest BCUT2D eigenvalue weighted by Crippen LogP contribution is 2.28. The van der Waals surface area contributed by atoms with Crippen LogP contribution in [0.15, 0.2) is 41.0 Å². The van der Waals surface area contributed by atoms with Gasteiger partial charge in [0.1, 0.15) is 11.8 Å². The van der Waals surface area contributed by atoms with E-state index in [1.165, 1.54) is 19.3 Å². The number of nitrogens with one attached hydrogen (secondary N) is 2. The molecule has 0 aliphatic carbocycles. The lowest BCUT2D eigenvalue weighted by molar-refractivity contribution is -0.142. The van der Waals surface area contributed by atoms with E-state index in [1.54, 1.807) is 24.3 Å². The van der Waals surface area contributed by atoms with Gasteiger partial charge in [-0.2, -0.15) is 0 Å². The van der Waals surface area contributed by atoms with Gasteiger partial charge in [0.25, 0.3) is 5.91 Å². The summed E-state index contributed by atoms with van der Waals surface area (Å²) < 4.78 is 10.4. The van der Waals surface area contributed by atoms with Crippen molar-refractivity contribution >= 4 is 17.8 Å². The van der Waals surface area contributed by atoms with E-state index >= 15 is 0 Å². The maximum absolute atomic E-state index is 12.3. The fourth-order valence-corrected chi connectivity index (χ4v) is 2.68. The van der Waals surface area contributed by atoms with Crippen LogP contribution in [0.3, 0.4) is 0 Å². The fraction of sp³-hybridized carbons (Fsp3) is 0.278. The van der Waals surface area contributed by atoms with Gasteiger partial charge in [-0.15, -0.1) is 0 Å². The molecule has 1 aromatic heterocycles. The SMILES string of the molecule is CC(NC(=O)c1ccco1)C(=O)NC(C(=O)O)c1ccc2c(c1)CCO2. The summed E-state index contributed by atoms with van der Waals surface area (Å²) >= 11 is 0. The lowest BCUT2D eigenvalue weighted by atomic mass is 10.0. The Kier molecular flexibility index (Phi) is 4.92. The topological polar surface area (TPSA) is 118 Å². The number of aliphatic carboxylic acids is 1. The molecule has 1 aliphatic rings. The normalized spacial score (nSPS) is 14.7. The van der Waals surface area contributed by atoms with E-state index in [-0.39, 0.29) is 5.76 Å². The first-order valence-corrected chi connectivity index (χ1v) is 8.09. The van der Waals surface area contributed by atoms with E-state index in [1.807, 2.05) is 0 Å². The molecule has 8 heteroatoms. The molecule has 0 saturated carbocycles. The number of rotatable bonds is 6. The van der Waals surface area contributed by atoms with Gasteiger partial charge in [0.05, 0.1) is 12.9 Å². The molecule has 2 amide bonds. The van der Waals surface area contributed by atoms with Gasteiger partial charge in [0.2, 0.25) is 5.91 Å². The van der Waals surface area contributed by atoms with E-state index in [0.717, 1.165) is 11.3 Å². The molecule has 0 spiro atoms. The molecule has 1 aromatic carbocycles. The van der Waals surface area contributed by atoms with E-state index in [0.29, 0.717) is 18.6 Å². The molecule has 2 heterocycles. The van der Waals surface area contributed by atoms with Crippen molar-refractivity contribution in [2.24, 2.45) is 0 Å². The van der Waals surface area contributed by atoms with Gasteiger partial charge in [-0.05, 0) is 42.3 Å². The molecule has 136 valence electrons. The number of carboxylic acids is 1. The van der Waals surface area contributed by atoms with Crippen molar-refractivity contribution < 1.29 is 28.6 Å². The third-order valence-corrected chi connectivity index (χ3v) is 4.07. The van der Waals surface area contributed by atoms with Crippen molar-refractivity contribution in [3.05, 3.63) is 53.5 Å². The Balaban J connectivity index is 1.68. The van der Waals surface area contributed by atoms with Crippen LogP contribution in [0, 0.1) is 0 Å². The number of carbonyl (C=O) groups excluding carboxylic acids is 2. The number of ether oxygens (including phenoxy) is 1. The summed E-state index contributed by atoms with van der Waals surface area (Å²) in [6, 6.07) is 5.87. The maximum Gasteiger partial charge on any atom is 0.330 e. The molecule has 2 aromatic rings. The zero-order valence-electron chi connectivity index (χ0n) is 14.0. The van der Waals surface area contributed by atoms with E-state index in [2.05, 4.69) is 10.6 Å². The number of furan rings is 1. The summed E-state index contributed by atoms with van der Waals surface area (Å²) in [4.78, 5) is 35.9. The summed E-state index contributed by atoms with van der Waals surface area (Å²) in [5.41, 5.74) is 1.35. The first-order valence-electron chi connectivity index (χ1n) is 8.09. The lowest BCUT2D eigenvalue weighted by Gasteiger charge is -2.19. The first kappa shape index (κ1) is 17.5. The zero-order valence-corrected chi connectivity index (χ0v) is 14.0. The highest BCUT2D eigenvalue weighted by molar-refractivity contribution is 5.96. The van der Waals surface area contributed by atoms with Crippen LogP contribution in [0.1, 0.15) is 34.6 Å². The maximum atomic E-state index is 12.3. The summed E-state index contributed by atoms with van der Waals surface area (Å²) in [6.07, 6.45) is 2.04. The van der Waals surface area contributed by atoms with Crippen LogP contribution in [0.5, 0.6) is 5.75 Å². The van der Waals surface area contributed by atoms with Gasteiger partial charge in [0, 0.05) is 6.42 Å². The number of amides is 2. The second-order valence-corrected chi connectivity index (χ2v) is 5.92. The average Bonchev–Trinajstić information content (AvgIpc) is 3.29. The highest BCUT2D eigenvalue weighted by atomic mass is 16.5. The third-order valence-electron chi connectivity index (χ3n) is 4.07. The monoisotopic (exact) mass is 358 g/mol. The molecule has 0 fully saturated rings. The minimum Gasteiger partial charge on any atom is -0.493 e. The predicted molar refractivity (Wildman–Crippen MR) is 89.8 cm³/mol. The Hall–Kier alpha value is -3.29.